The van der Waals surface area contributed by atoms with Crippen LogP contribution in [0.1, 0.15) is 0 Å². The third-order valence-corrected chi connectivity index (χ3v) is 0. The monoisotopic (exact) mass is 1840 g/mol. The van der Waals surface area contributed by atoms with Gasteiger partial charge < -0.3 is 0 Å². The van der Waals surface area contributed by atoms with E-state index in [0.29, 0.717) is 0 Å². The van der Waals surface area contributed by atoms with Crippen molar-refractivity contribution in [3.05, 3.63) is 0 Å². The van der Waals surface area contributed by atoms with Gasteiger partial charge in [0.2, 0.25) is 0 Å². The first kappa shape index (κ1) is 632. The molecule has 0 nitrogen and oxygen atoms in total. The summed E-state index contributed by atoms with van der Waals surface area (Å²) in [5, 5.41) is 0. The molecular weight excluding hydrogens is 1840 g/mol. The largest absolute Gasteiger partial charge is 1.00 e. The van der Waals surface area contributed by atoms with Crippen molar-refractivity contribution in [3.63, 3.8) is 0 Å². The molecule has 0 aromatic carbocycles. The van der Waals surface area contributed by atoms with E-state index < -0.39 is 0 Å². The van der Waals surface area contributed by atoms with Crippen molar-refractivity contribution < 1.29 is 2360 Å². The number of rotatable bonds is 0. The maximum Gasteiger partial charge on any atom is 1.00 e. The fraction of sp³-hybridized carbons (Fsp3) is 0. The molecule has 80 heavy (non-hydrogen) atoms. The molecule has 0 aliphatic rings. The first-order chi connectivity index (χ1) is 0. The van der Waals surface area contributed by atoms with Gasteiger partial charge >= 0.3 is 2360 Å². The van der Waals surface area contributed by atoms with Crippen molar-refractivity contribution in [2.75, 3.05) is 0 Å². The summed E-state index contributed by atoms with van der Waals surface area (Å²) in [6.07, 6.45) is 0. The van der Waals surface area contributed by atoms with Gasteiger partial charge in [0, 0.05) is 0 Å². The van der Waals surface area contributed by atoms with Gasteiger partial charge in [-0.25, -0.2) is 0 Å². The van der Waals surface area contributed by atoms with Gasteiger partial charge in [-0.2, -0.15) is 0 Å². The van der Waals surface area contributed by atoms with Gasteiger partial charge in [0.1, 0.15) is 0 Å². The molecule has 0 bridgehead atoms. The molecule has 0 fully saturated rings. The summed E-state index contributed by atoms with van der Waals surface area (Å²) in [4.78, 5) is 0. The van der Waals surface area contributed by atoms with Gasteiger partial charge in [-0.1, -0.05) is 0 Å². The Kier molecular flexibility index (Phi) is 4900. The average Bonchev–Trinajstić information content (AvgIpc) is 0. The summed E-state index contributed by atoms with van der Waals surface area (Å²) in [6.45, 7) is 0. The Bertz CT molecular complexity index is 0. The zero-order valence-electron chi connectivity index (χ0n) is 80.0. The van der Waals surface area contributed by atoms with E-state index in [4.69, 9.17) is 0 Å². The normalized spacial score (nSPS) is 0. The van der Waals surface area contributed by atoms with E-state index in [1.165, 1.54) is 0 Å². The molecule has 80 heteroatoms. The quantitative estimate of drug-likeness (QED) is 0.212. The Morgan fingerprint density at radius 3 is 0.0125 bits per heavy atom. The van der Waals surface area contributed by atoms with Crippen LogP contribution >= 0.6 is 0 Å². The fourth-order valence-electron chi connectivity index (χ4n) is 0. The van der Waals surface area contributed by atoms with Crippen molar-refractivity contribution >= 4 is 0 Å². The van der Waals surface area contributed by atoms with Gasteiger partial charge in [-0.15, -0.1) is 0 Å². The molecule has 0 radical (unpaired) electrons. The molecule has 0 spiro atoms. The zero-order chi connectivity index (χ0) is 0. The molecule has 0 amide bonds. The van der Waals surface area contributed by atoms with Crippen molar-refractivity contribution in [2.24, 2.45) is 0 Å². The van der Waals surface area contributed by atoms with E-state index in [9.17, 15) is 0 Å². The molecule has 0 unspecified atom stereocenters. The molecule has 0 aromatic heterocycles. The van der Waals surface area contributed by atoms with Gasteiger partial charge in [-0.05, 0) is 0 Å². The Balaban J connectivity index is 0. The molecule has 0 aromatic rings. The van der Waals surface area contributed by atoms with Gasteiger partial charge in [0.05, 0.1) is 0 Å². The maximum absolute atomic E-state index is 0. The number of hydrogen-bond acceptors (Lipinski definition) is 0. The molecule has 0 N–H and O–H groups in total. The van der Waals surface area contributed by atoms with E-state index in [2.05, 4.69) is 0 Å². The third kappa shape index (κ3) is 609. The van der Waals surface area contributed by atoms with Crippen LogP contribution in [0.2, 0.25) is 0 Å². The molecule has 0 saturated heterocycles. The van der Waals surface area contributed by atoms with Crippen molar-refractivity contribution in [2.45, 2.75) is 0 Å². The van der Waals surface area contributed by atoms with E-state index in [0.717, 1.165) is 0 Å². The standard InChI is InChI=1S/80Na/q80*+1. The molecule has 0 aliphatic heterocycles. The molecular formula is Na80+80. The Morgan fingerprint density at radius 2 is 0.0125 bits per heavy atom. The van der Waals surface area contributed by atoms with Crippen LogP contribution in [0, 0.1) is 0 Å². The summed E-state index contributed by atoms with van der Waals surface area (Å²) < 4.78 is 0. The maximum atomic E-state index is 0. The van der Waals surface area contributed by atoms with Crippen LogP contribution in [0.25, 0.3) is 0 Å². The molecule has 0 valence electrons. The van der Waals surface area contributed by atoms with E-state index >= 15 is 0 Å². The summed E-state index contributed by atoms with van der Waals surface area (Å²) in [5.41, 5.74) is 0. The Morgan fingerprint density at radius 1 is 0.0125 bits per heavy atom. The predicted octanol–water partition coefficient (Wildman–Crippen LogP) is -240. The Hall–Kier alpha value is 80.0. The molecule has 0 atom stereocenters. The zero-order valence-corrected chi connectivity index (χ0v) is 240. The van der Waals surface area contributed by atoms with Crippen LogP contribution in [0.5, 0.6) is 0 Å². The van der Waals surface area contributed by atoms with Gasteiger partial charge in [0.15, 0.2) is 0 Å². The van der Waals surface area contributed by atoms with Crippen LogP contribution in [-0.4, -0.2) is 0 Å². The van der Waals surface area contributed by atoms with E-state index in [1.54, 1.807) is 0 Å². The first-order valence-corrected chi connectivity index (χ1v) is 0. The van der Waals surface area contributed by atoms with Crippen molar-refractivity contribution in [1.29, 1.82) is 0 Å². The third-order valence-electron chi connectivity index (χ3n) is 0. The summed E-state index contributed by atoms with van der Waals surface area (Å²) >= 11 is 0. The minimum Gasteiger partial charge on any atom is 1.00 e. The average molecular weight is 1840 g/mol. The van der Waals surface area contributed by atoms with E-state index in [1.807, 2.05) is 0 Å². The molecule has 0 saturated carbocycles. The van der Waals surface area contributed by atoms with Crippen LogP contribution in [0.15, 0.2) is 0 Å². The topological polar surface area (TPSA) is 0 Å². The first-order valence-electron chi connectivity index (χ1n) is 0. The van der Waals surface area contributed by atoms with Crippen molar-refractivity contribution in [1.82, 2.24) is 0 Å². The fourth-order valence-corrected chi connectivity index (χ4v) is 0. The number of hydrogen-bond donors (Lipinski definition) is 0. The van der Waals surface area contributed by atoms with Gasteiger partial charge in [-0.3, -0.25) is 0 Å². The van der Waals surface area contributed by atoms with Gasteiger partial charge in [0.25, 0.3) is 0 Å². The summed E-state index contributed by atoms with van der Waals surface area (Å²) in [5.74, 6) is 0. The smallest absolute Gasteiger partial charge is 1.00 e. The van der Waals surface area contributed by atoms with Crippen LogP contribution < -0.4 is 2360 Å². The van der Waals surface area contributed by atoms with Crippen molar-refractivity contribution in [3.8, 4) is 0 Å². The minimum atomic E-state index is 0. The second kappa shape index (κ2) is 620. The Labute approximate surface area is 2270 Å². The SMILES string of the molecule is [Na+].[Na+].[Na+].[Na+].[Na+].[Na+].[Na+].[Na+].[Na+].[Na+].[Na+].[Na+].[Na+].[Na+].[Na+].[Na+].[Na+].[Na+].[Na+].[Na+].[Na+].[Na+].[Na+].[Na+].[Na+].[Na+].[Na+].[Na+].[Na+].[Na+].[Na+].[Na+].[Na+].[Na+].[Na+].[Na+].[Na+].[Na+].[Na+].[Na+].[Na+].[Na+].[Na+].[Na+].[Na+].[Na+].[Na+].[Na+].[Na+].[Na+].[Na+].[Na+].[Na+].[Na+].[Na+].[Na+].[Na+].[Na+].[Na+].[Na+].[Na+].[Na+].[Na+].[Na+].[Na+].[Na+].[Na+].[Na+].[Na+].[Na+].[Na+].[Na+].[Na+].[Na+].[Na+].[Na+].[Na+].[Na+].[Na+].[Na+]. The summed E-state index contributed by atoms with van der Waals surface area (Å²) in [7, 11) is 0. The molecule has 0 heterocycles. The van der Waals surface area contributed by atoms with Crippen LogP contribution in [0.4, 0.5) is 0 Å². The van der Waals surface area contributed by atoms with Crippen LogP contribution in [0.3, 0.4) is 0 Å². The van der Waals surface area contributed by atoms with Crippen LogP contribution in [-0.2, 0) is 0 Å². The predicted molar refractivity (Wildman–Crippen MR) is 0 cm³/mol. The second-order valence-corrected chi connectivity index (χ2v) is 0. The summed E-state index contributed by atoms with van der Waals surface area (Å²) in [6, 6.07) is 0. The molecule has 0 aliphatic carbocycles. The molecule has 0 rings (SSSR count). The second-order valence-electron chi connectivity index (χ2n) is 0. The minimum absolute atomic E-state index is 0. The van der Waals surface area contributed by atoms with E-state index in [-0.39, 0.29) is 2360 Å².